The number of aromatic hydroxyl groups is 1. The van der Waals surface area contributed by atoms with Gasteiger partial charge in [-0.2, -0.15) is 28.5 Å². The molecule has 0 unspecified atom stereocenters. The third-order valence-corrected chi connectivity index (χ3v) is 6.53. The molecular formula is C25H25ClN8O5S. The average Bonchev–Trinajstić information content (AvgIpc) is 2.87. The van der Waals surface area contributed by atoms with Crippen LogP contribution in [0.3, 0.4) is 0 Å². The van der Waals surface area contributed by atoms with E-state index < -0.39 is 27.3 Å². The molecule has 40 heavy (non-hydrogen) atoms. The first-order valence-corrected chi connectivity index (χ1v) is 13.9. The van der Waals surface area contributed by atoms with Crippen molar-refractivity contribution >= 4 is 56.4 Å². The van der Waals surface area contributed by atoms with Gasteiger partial charge in [-0.05, 0) is 68.3 Å². The number of pyridine rings is 1. The molecule has 2 aromatic heterocycles. The number of hydrogen-bond acceptors (Lipinski definition) is 11. The van der Waals surface area contributed by atoms with Gasteiger partial charge in [-0.1, -0.05) is 23.8 Å². The molecule has 2 heterocycles. The summed E-state index contributed by atoms with van der Waals surface area (Å²) in [6.45, 7) is 5.04. The zero-order valence-electron chi connectivity index (χ0n) is 21.6. The summed E-state index contributed by atoms with van der Waals surface area (Å²) in [5.41, 5.74) is 1.85. The Bertz CT molecular complexity index is 1760. The molecule has 0 saturated heterocycles. The highest BCUT2D eigenvalue weighted by Gasteiger charge is 2.22. The minimum Gasteiger partial charge on any atom is -0.494 e. The Balaban J connectivity index is 1.61. The molecule has 13 nitrogen and oxygen atoms in total. The van der Waals surface area contributed by atoms with Gasteiger partial charge in [0.25, 0.3) is 15.7 Å². The highest BCUT2D eigenvalue weighted by molar-refractivity contribution is 7.85. The van der Waals surface area contributed by atoms with Crippen LogP contribution in [0, 0.1) is 13.8 Å². The van der Waals surface area contributed by atoms with Gasteiger partial charge in [-0.25, -0.2) is 0 Å². The molecule has 0 fully saturated rings. The zero-order chi connectivity index (χ0) is 29.0. The van der Waals surface area contributed by atoms with E-state index in [0.717, 1.165) is 15.8 Å². The maximum absolute atomic E-state index is 12.9. The van der Waals surface area contributed by atoms with Crippen LogP contribution in [0.25, 0.3) is 0 Å². The standard InChI is InChI=1S/C25H25ClN8O5S/c1-4-34-21(35)19(13-40(37,38)39)15(3)20(22(34)36)33-32-18-7-5-6-17(12-18)28-25-30-23(26)29-24(31-25)27-16-10-8-14(2)9-11-16/h5-12,35H,4,13H2,1-3H3,(H,37,38,39)(H2,27,28,29,30,31). The molecule has 2 aromatic carbocycles. The Morgan fingerprint density at radius 2 is 1.62 bits per heavy atom. The Morgan fingerprint density at radius 3 is 2.25 bits per heavy atom. The molecule has 4 aromatic rings. The number of aryl methyl sites for hydroxylation is 1. The molecule has 0 radical (unpaired) electrons. The smallest absolute Gasteiger partial charge is 0.281 e. The number of halogens is 1. The molecule has 0 aliphatic rings. The monoisotopic (exact) mass is 584 g/mol. The van der Waals surface area contributed by atoms with Gasteiger partial charge in [0.05, 0.1) is 5.69 Å². The molecule has 0 aliphatic carbocycles. The largest absolute Gasteiger partial charge is 0.494 e. The maximum Gasteiger partial charge on any atom is 0.281 e. The second-order valence-corrected chi connectivity index (χ2v) is 10.5. The summed E-state index contributed by atoms with van der Waals surface area (Å²) in [6, 6.07) is 14.3. The van der Waals surface area contributed by atoms with Gasteiger partial charge in [0.15, 0.2) is 11.6 Å². The SMILES string of the molecule is CCn1c(O)c(CS(=O)(=O)O)c(C)c(N=Nc2cccc(Nc3nc(Cl)nc(Nc4ccc(C)cc4)n3)c2)c1=O. The van der Waals surface area contributed by atoms with Gasteiger partial charge in [0.1, 0.15) is 5.75 Å². The summed E-state index contributed by atoms with van der Waals surface area (Å²) < 4.78 is 33.2. The normalized spacial score (nSPS) is 11.6. The minimum atomic E-state index is -4.49. The first-order valence-electron chi connectivity index (χ1n) is 11.9. The van der Waals surface area contributed by atoms with Crippen molar-refractivity contribution in [3.63, 3.8) is 0 Å². The van der Waals surface area contributed by atoms with E-state index in [4.69, 9.17) is 11.6 Å². The number of azo groups is 1. The van der Waals surface area contributed by atoms with Gasteiger partial charge in [-0.15, -0.1) is 5.11 Å². The molecular weight excluding hydrogens is 560 g/mol. The van der Waals surface area contributed by atoms with E-state index in [1.165, 1.54) is 6.92 Å². The summed E-state index contributed by atoms with van der Waals surface area (Å²) in [5, 5.41) is 24.6. The second-order valence-electron chi connectivity index (χ2n) is 8.67. The Labute approximate surface area is 234 Å². The first-order chi connectivity index (χ1) is 18.9. The quantitative estimate of drug-likeness (QED) is 0.148. The number of nitrogens with one attached hydrogen (secondary N) is 2. The second kappa shape index (κ2) is 11.8. The van der Waals surface area contributed by atoms with E-state index >= 15 is 0 Å². The van der Waals surface area contributed by atoms with Gasteiger partial charge in [-0.3, -0.25) is 13.9 Å². The van der Waals surface area contributed by atoms with Crippen molar-refractivity contribution in [1.29, 1.82) is 0 Å². The molecule has 0 spiro atoms. The fourth-order valence-corrected chi connectivity index (χ4v) is 4.61. The number of rotatable bonds is 9. The van der Waals surface area contributed by atoms with Gasteiger partial charge < -0.3 is 15.7 Å². The Hall–Kier alpha value is -4.40. The van der Waals surface area contributed by atoms with Crippen molar-refractivity contribution in [2.75, 3.05) is 10.6 Å². The third kappa shape index (κ3) is 6.97. The lowest BCUT2D eigenvalue weighted by Gasteiger charge is -2.14. The van der Waals surface area contributed by atoms with Crippen LogP contribution in [0.15, 0.2) is 63.6 Å². The van der Waals surface area contributed by atoms with Gasteiger partial charge >= 0.3 is 0 Å². The summed E-state index contributed by atoms with van der Waals surface area (Å²) in [6.07, 6.45) is 0. The fraction of sp³-hybridized carbons (Fsp3) is 0.200. The van der Waals surface area contributed by atoms with Crippen molar-refractivity contribution in [3.05, 3.63) is 80.9 Å². The number of aromatic nitrogens is 4. The van der Waals surface area contributed by atoms with Crippen molar-refractivity contribution in [3.8, 4) is 5.88 Å². The van der Waals surface area contributed by atoms with Crippen LogP contribution in [0.1, 0.15) is 23.6 Å². The number of nitrogens with zero attached hydrogens (tertiary/aromatic N) is 6. The number of anilines is 4. The molecule has 0 bridgehead atoms. The number of hydrogen-bond donors (Lipinski definition) is 4. The van der Waals surface area contributed by atoms with E-state index in [0.29, 0.717) is 11.4 Å². The van der Waals surface area contributed by atoms with Crippen molar-refractivity contribution < 1.29 is 18.1 Å². The molecule has 15 heteroatoms. The average molecular weight is 585 g/mol. The van der Waals surface area contributed by atoms with Gasteiger partial charge in [0, 0.05) is 23.5 Å². The van der Waals surface area contributed by atoms with Crippen LogP contribution in [0.2, 0.25) is 5.28 Å². The Kier molecular flexibility index (Phi) is 8.42. The van der Waals surface area contributed by atoms with Gasteiger partial charge in [0.2, 0.25) is 17.2 Å². The predicted molar refractivity (Wildman–Crippen MR) is 151 cm³/mol. The summed E-state index contributed by atoms with van der Waals surface area (Å²) in [5.74, 6) is -1.04. The van der Waals surface area contributed by atoms with Crippen LogP contribution in [0.4, 0.5) is 34.6 Å². The van der Waals surface area contributed by atoms with E-state index in [1.807, 2.05) is 31.2 Å². The van der Waals surface area contributed by atoms with Crippen LogP contribution in [-0.4, -0.2) is 37.6 Å². The molecule has 0 aliphatic heterocycles. The summed E-state index contributed by atoms with van der Waals surface area (Å²) in [7, 11) is -4.49. The summed E-state index contributed by atoms with van der Waals surface area (Å²) in [4.78, 5) is 25.4. The number of benzene rings is 2. The van der Waals surface area contributed by atoms with Crippen molar-refractivity contribution in [2.24, 2.45) is 10.2 Å². The molecule has 0 atom stereocenters. The lowest BCUT2D eigenvalue weighted by atomic mass is 10.1. The highest BCUT2D eigenvalue weighted by atomic mass is 35.5. The van der Waals surface area contributed by atoms with E-state index in [1.54, 1.807) is 31.2 Å². The lowest BCUT2D eigenvalue weighted by Crippen LogP contribution is -2.22. The zero-order valence-corrected chi connectivity index (χ0v) is 23.2. The molecule has 0 amide bonds. The molecule has 208 valence electrons. The fourth-order valence-electron chi connectivity index (χ4n) is 3.73. The van der Waals surface area contributed by atoms with Crippen LogP contribution >= 0.6 is 11.6 Å². The lowest BCUT2D eigenvalue weighted by molar-refractivity contribution is 0.403. The molecule has 4 N–H and O–H groups in total. The van der Waals surface area contributed by atoms with Crippen LogP contribution in [-0.2, 0) is 22.4 Å². The van der Waals surface area contributed by atoms with Crippen LogP contribution in [0.5, 0.6) is 5.88 Å². The predicted octanol–water partition coefficient (Wildman–Crippen LogP) is 5.32. The highest BCUT2D eigenvalue weighted by Crippen LogP contribution is 2.30. The van der Waals surface area contributed by atoms with E-state index in [-0.39, 0.29) is 40.5 Å². The minimum absolute atomic E-state index is 0.0290. The van der Waals surface area contributed by atoms with Crippen LogP contribution < -0.4 is 16.2 Å². The van der Waals surface area contributed by atoms with E-state index in [2.05, 4.69) is 35.8 Å². The van der Waals surface area contributed by atoms with Crippen molar-refractivity contribution in [1.82, 2.24) is 19.5 Å². The summed E-state index contributed by atoms with van der Waals surface area (Å²) >= 11 is 6.10. The molecule has 4 rings (SSSR count). The first kappa shape index (κ1) is 28.6. The Morgan fingerprint density at radius 1 is 0.975 bits per heavy atom. The van der Waals surface area contributed by atoms with E-state index in [9.17, 15) is 22.9 Å². The van der Waals surface area contributed by atoms with Crippen molar-refractivity contribution in [2.45, 2.75) is 33.1 Å². The topological polar surface area (TPSA) is 184 Å². The molecule has 0 saturated carbocycles. The third-order valence-electron chi connectivity index (χ3n) is 5.71. The maximum atomic E-state index is 12.9.